The van der Waals surface area contributed by atoms with Gasteiger partial charge in [-0.25, -0.2) is 0 Å². The molecule has 2 amide bonds. The molecule has 4 fully saturated rings. The van der Waals surface area contributed by atoms with Gasteiger partial charge in [0.15, 0.2) is 0 Å². The summed E-state index contributed by atoms with van der Waals surface area (Å²) >= 11 is 1.64. The molecule has 0 aromatic carbocycles. The molecule has 9 nitrogen and oxygen atoms in total. The van der Waals surface area contributed by atoms with Crippen molar-refractivity contribution in [2.24, 2.45) is 23.7 Å². The molecular weight excluding hydrogens is 530 g/mol. The molecule has 0 aromatic heterocycles. The van der Waals surface area contributed by atoms with E-state index in [1.165, 1.54) is 0 Å². The summed E-state index contributed by atoms with van der Waals surface area (Å²) in [6, 6.07) is -1.27. The molecule has 7 atom stereocenters. The van der Waals surface area contributed by atoms with E-state index < -0.39 is 28.7 Å². The van der Waals surface area contributed by atoms with E-state index in [-0.39, 0.29) is 48.1 Å². The lowest BCUT2D eigenvalue weighted by Gasteiger charge is -2.42. The maximum atomic E-state index is 14.6. The maximum Gasteiger partial charge on any atom is 0.310 e. The van der Waals surface area contributed by atoms with Gasteiger partial charge in [0.25, 0.3) is 0 Å². The fourth-order valence-electron chi connectivity index (χ4n) is 7.27. The van der Waals surface area contributed by atoms with E-state index >= 15 is 0 Å². The van der Waals surface area contributed by atoms with Gasteiger partial charge in [-0.05, 0) is 31.1 Å². The maximum absolute atomic E-state index is 14.6. The number of amides is 2. The quantitative estimate of drug-likeness (QED) is 0.191. The number of aliphatic hydroxyl groups is 1. The highest BCUT2D eigenvalue weighted by Gasteiger charge is 2.77. The van der Waals surface area contributed by atoms with Crippen LogP contribution in [-0.4, -0.2) is 119 Å². The van der Waals surface area contributed by atoms with Crippen LogP contribution in [0.5, 0.6) is 0 Å². The average Bonchev–Trinajstić information content (AvgIpc) is 3.53. The van der Waals surface area contributed by atoms with Crippen LogP contribution in [0.4, 0.5) is 0 Å². The van der Waals surface area contributed by atoms with E-state index in [4.69, 9.17) is 9.47 Å². The van der Waals surface area contributed by atoms with Crippen molar-refractivity contribution < 1.29 is 29.0 Å². The third-order valence-electron chi connectivity index (χ3n) is 9.05. The predicted molar refractivity (Wildman–Crippen MR) is 156 cm³/mol. The fraction of sp³-hybridized carbons (Fsp3) is 0.767. The number of ether oxygens (including phenoxy) is 2. The van der Waals surface area contributed by atoms with Gasteiger partial charge in [0.05, 0.1) is 49.1 Å². The van der Waals surface area contributed by atoms with Crippen LogP contribution < -0.4 is 0 Å². The third kappa shape index (κ3) is 5.74. The topological polar surface area (TPSA) is 99.6 Å². The number of hydrogen-bond acceptors (Lipinski definition) is 8. The Labute approximate surface area is 243 Å². The molecule has 10 heteroatoms. The molecule has 0 radical (unpaired) electrons. The predicted octanol–water partition coefficient (Wildman–Crippen LogP) is 2.20. The first-order valence-electron chi connectivity index (χ1n) is 14.8. The minimum absolute atomic E-state index is 0.0517. The first-order valence-corrected chi connectivity index (χ1v) is 15.7. The molecule has 0 saturated carbocycles. The Hall–Kier alpha value is -1.88. The zero-order valence-electron chi connectivity index (χ0n) is 24.3. The van der Waals surface area contributed by atoms with Crippen LogP contribution in [0.15, 0.2) is 25.3 Å². The number of thioether (sulfide) groups is 1. The number of esters is 1. The van der Waals surface area contributed by atoms with E-state index in [0.29, 0.717) is 45.7 Å². The Bertz CT molecular complexity index is 956. The number of rotatable bonds is 14. The Morgan fingerprint density at radius 2 is 2.00 bits per heavy atom. The molecule has 4 aliphatic heterocycles. The molecule has 4 aliphatic rings. The number of morpholine rings is 1. The largest absolute Gasteiger partial charge is 0.465 e. The second-order valence-electron chi connectivity index (χ2n) is 12.0. The first-order chi connectivity index (χ1) is 19.2. The zero-order valence-corrected chi connectivity index (χ0v) is 25.2. The van der Waals surface area contributed by atoms with Crippen LogP contribution in [0.2, 0.25) is 0 Å². The van der Waals surface area contributed by atoms with E-state index in [1.54, 1.807) is 28.8 Å². The van der Waals surface area contributed by atoms with Crippen LogP contribution in [0.3, 0.4) is 0 Å². The summed E-state index contributed by atoms with van der Waals surface area (Å²) < 4.78 is 10.3. The first kappa shape index (κ1) is 31.1. The molecule has 0 aliphatic carbocycles. The van der Waals surface area contributed by atoms with Crippen LogP contribution in [0.25, 0.3) is 0 Å². The van der Waals surface area contributed by atoms with Crippen molar-refractivity contribution in [3.8, 4) is 0 Å². The second-order valence-corrected chi connectivity index (χ2v) is 13.6. The summed E-state index contributed by atoms with van der Waals surface area (Å²) in [5, 5.41) is 10.4. The van der Waals surface area contributed by atoms with Gasteiger partial charge in [-0.15, -0.1) is 24.9 Å². The van der Waals surface area contributed by atoms with Crippen LogP contribution in [0.1, 0.15) is 40.0 Å². The van der Waals surface area contributed by atoms with Crippen molar-refractivity contribution in [3.05, 3.63) is 25.3 Å². The monoisotopic (exact) mass is 577 g/mol. The van der Waals surface area contributed by atoms with Gasteiger partial charge in [-0.1, -0.05) is 32.9 Å². The second kappa shape index (κ2) is 13.4. The molecule has 4 saturated heterocycles. The Kier molecular flexibility index (Phi) is 10.4. The van der Waals surface area contributed by atoms with Gasteiger partial charge in [0, 0.05) is 38.0 Å². The van der Waals surface area contributed by atoms with Gasteiger partial charge in [-0.2, -0.15) is 0 Å². The molecule has 4 rings (SSSR count). The van der Waals surface area contributed by atoms with Crippen molar-refractivity contribution >= 4 is 29.5 Å². The SMILES string of the molecule is C=CCCOC(=O)[C@@H]1[C@H]2C(=O)N([C@@H](CO)CC(C)C)C(C(=O)N(CC=C)CCN3CCOCC3)C23S[C@@H]1CC3C. The van der Waals surface area contributed by atoms with Gasteiger partial charge in [0.1, 0.15) is 6.04 Å². The molecule has 224 valence electrons. The van der Waals surface area contributed by atoms with E-state index in [0.717, 1.165) is 19.5 Å². The normalized spacial score (nSPS) is 32.3. The minimum atomic E-state index is -0.762. The van der Waals surface area contributed by atoms with Crippen molar-refractivity contribution in [3.63, 3.8) is 0 Å². The zero-order chi connectivity index (χ0) is 29.0. The average molecular weight is 578 g/mol. The summed E-state index contributed by atoms with van der Waals surface area (Å²) in [7, 11) is 0. The van der Waals surface area contributed by atoms with Crippen LogP contribution >= 0.6 is 11.8 Å². The fourth-order valence-corrected chi connectivity index (χ4v) is 9.66. The number of carbonyl (C=O) groups is 3. The van der Waals surface area contributed by atoms with E-state index in [2.05, 4.69) is 25.0 Å². The summed E-state index contributed by atoms with van der Waals surface area (Å²) in [5.41, 5.74) is 0. The Morgan fingerprint density at radius 1 is 1.27 bits per heavy atom. The smallest absolute Gasteiger partial charge is 0.310 e. The highest BCUT2D eigenvalue weighted by Crippen LogP contribution is 2.69. The standard InChI is InChI=1S/C30H47N3O6S/c1-6-8-14-39-29(37)24-23-18-21(5)30(40-23)25(24)27(35)33(22(19-34)17-20(3)4)26(30)28(36)32(9-7-2)11-10-31-12-15-38-16-13-31/h6-7,20-26,34H,1-2,8-19H2,3-5H3/t21?,22-,23-,24+,25+,26?,30?/m1/s1. The lowest BCUT2D eigenvalue weighted by atomic mass is 9.66. The lowest BCUT2D eigenvalue weighted by molar-refractivity contribution is -0.155. The number of fused-ring (bicyclic) bond motifs is 1. The van der Waals surface area contributed by atoms with Crippen molar-refractivity contribution in [2.45, 2.75) is 62.1 Å². The number of likely N-dealkylation sites (tertiary alicyclic amines) is 1. The van der Waals surface area contributed by atoms with Crippen LogP contribution in [-0.2, 0) is 23.9 Å². The number of carbonyl (C=O) groups excluding carboxylic acids is 3. The van der Waals surface area contributed by atoms with E-state index in [1.807, 2.05) is 18.7 Å². The molecular formula is C30H47N3O6S. The molecule has 1 spiro atoms. The van der Waals surface area contributed by atoms with Gasteiger partial charge in [-0.3, -0.25) is 19.3 Å². The molecule has 4 heterocycles. The lowest BCUT2D eigenvalue weighted by Crippen LogP contribution is -2.60. The minimum Gasteiger partial charge on any atom is -0.465 e. The Balaban J connectivity index is 1.70. The van der Waals surface area contributed by atoms with E-state index in [9.17, 15) is 19.5 Å². The molecule has 1 N–H and O–H groups in total. The van der Waals surface area contributed by atoms with Crippen molar-refractivity contribution in [2.75, 3.05) is 59.2 Å². The number of nitrogens with zero attached hydrogens (tertiary/aromatic N) is 3. The Morgan fingerprint density at radius 3 is 2.62 bits per heavy atom. The summed E-state index contributed by atoms with van der Waals surface area (Å²) in [5.74, 6) is -1.66. The number of hydrogen-bond donors (Lipinski definition) is 1. The third-order valence-corrected chi connectivity index (χ3v) is 11.1. The highest BCUT2D eigenvalue weighted by atomic mass is 32.2. The molecule has 40 heavy (non-hydrogen) atoms. The van der Waals surface area contributed by atoms with Crippen LogP contribution in [0, 0.1) is 23.7 Å². The number of aliphatic hydroxyl groups excluding tert-OH is 1. The van der Waals surface area contributed by atoms with Crippen molar-refractivity contribution in [1.29, 1.82) is 0 Å². The summed E-state index contributed by atoms with van der Waals surface area (Å²) in [4.78, 5) is 48.2. The summed E-state index contributed by atoms with van der Waals surface area (Å²) in [6.07, 6.45) is 5.29. The summed E-state index contributed by atoms with van der Waals surface area (Å²) in [6.45, 7) is 18.4. The molecule has 0 aromatic rings. The van der Waals surface area contributed by atoms with Crippen molar-refractivity contribution in [1.82, 2.24) is 14.7 Å². The molecule has 2 bridgehead atoms. The van der Waals surface area contributed by atoms with Gasteiger partial charge in [0.2, 0.25) is 11.8 Å². The van der Waals surface area contributed by atoms with Gasteiger partial charge < -0.3 is 24.4 Å². The van der Waals surface area contributed by atoms with Gasteiger partial charge >= 0.3 is 5.97 Å². The molecule has 3 unspecified atom stereocenters. The highest BCUT2D eigenvalue weighted by molar-refractivity contribution is 8.02.